The summed E-state index contributed by atoms with van der Waals surface area (Å²) in [6.45, 7) is 1.66. The average Bonchev–Trinajstić information content (AvgIpc) is 3.03. The van der Waals surface area contributed by atoms with Crippen molar-refractivity contribution in [2.24, 2.45) is 0 Å². The molecule has 1 aliphatic heterocycles. The summed E-state index contributed by atoms with van der Waals surface area (Å²) >= 11 is 0. The Balaban J connectivity index is 1.64. The van der Waals surface area contributed by atoms with Crippen LogP contribution >= 0.6 is 0 Å². The molecule has 0 unspecified atom stereocenters. The van der Waals surface area contributed by atoms with Gasteiger partial charge in [0.05, 0.1) is 12.6 Å². The van der Waals surface area contributed by atoms with Crippen LogP contribution in [0, 0.1) is 0 Å². The summed E-state index contributed by atoms with van der Waals surface area (Å²) in [5, 5.41) is 0.914. The van der Waals surface area contributed by atoms with Crippen molar-refractivity contribution in [2.75, 3.05) is 54.7 Å². The third-order valence-electron chi connectivity index (χ3n) is 4.77. The van der Waals surface area contributed by atoms with Crippen molar-refractivity contribution in [3.8, 4) is 5.75 Å². The maximum absolute atomic E-state index is 12.5. The summed E-state index contributed by atoms with van der Waals surface area (Å²) in [4.78, 5) is 28.2. The van der Waals surface area contributed by atoms with Gasteiger partial charge in [0.2, 0.25) is 6.79 Å². The number of carbonyl (C=O) groups is 2. The second-order valence-electron chi connectivity index (χ2n) is 7.34. The average molecular weight is 405 g/mol. The zero-order chi connectivity index (χ0) is 21.0. The van der Waals surface area contributed by atoms with Gasteiger partial charge in [0.25, 0.3) is 0 Å². The molecule has 9 nitrogen and oxygen atoms in total. The molecule has 2 aromatic rings. The lowest BCUT2D eigenvalue weighted by Gasteiger charge is -2.34. The Morgan fingerprint density at radius 3 is 2.62 bits per heavy atom. The number of aromatic nitrogens is 1. The molecule has 3 rings (SSSR count). The van der Waals surface area contributed by atoms with E-state index in [1.807, 2.05) is 32.1 Å². The van der Waals surface area contributed by atoms with Crippen LogP contribution in [0.3, 0.4) is 0 Å². The molecular weight excluding hydrogens is 378 g/mol. The van der Waals surface area contributed by atoms with Crippen molar-refractivity contribution in [3.63, 3.8) is 0 Å². The van der Waals surface area contributed by atoms with Crippen LogP contribution in [-0.2, 0) is 20.6 Å². The van der Waals surface area contributed by atoms with Crippen molar-refractivity contribution in [1.29, 1.82) is 0 Å². The molecule has 158 valence electrons. The van der Waals surface area contributed by atoms with E-state index in [1.165, 1.54) is 4.57 Å². The fourth-order valence-corrected chi connectivity index (χ4v) is 3.18. The van der Waals surface area contributed by atoms with Gasteiger partial charge in [-0.25, -0.2) is 9.59 Å². The van der Waals surface area contributed by atoms with Gasteiger partial charge in [-0.2, -0.15) is 0 Å². The summed E-state index contributed by atoms with van der Waals surface area (Å²) in [5.74, 6) is 0.711. The predicted octanol–water partition coefficient (Wildman–Crippen LogP) is 2.16. The number of rotatable bonds is 7. The highest BCUT2D eigenvalue weighted by atomic mass is 16.8. The van der Waals surface area contributed by atoms with Crippen LogP contribution < -0.4 is 4.74 Å². The molecule has 0 N–H and O–H groups in total. The largest absolute Gasteiger partial charge is 0.511 e. The van der Waals surface area contributed by atoms with Gasteiger partial charge in [-0.1, -0.05) is 0 Å². The maximum Gasteiger partial charge on any atom is 0.511 e. The predicted molar refractivity (Wildman–Crippen MR) is 106 cm³/mol. The monoisotopic (exact) mass is 405 g/mol. The number of benzene rings is 1. The lowest BCUT2D eigenvalue weighted by Crippen LogP contribution is -2.50. The van der Waals surface area contributed by atoms with Crippen LogP contribution in [0.15, 0.2) is 24.4 Å². The minimum absolute atomic E-state index is 0.175. The second-order valence-corrected chi connectivity index (χ2v) is 7.34. The standard InChI is InChI=1S/C20H27N3O6/c1-21(2)8-7-14-10-23(18-6-5-15(26-4)9-17(14)18)19(24)27-13-28-20(25)29-16-11-22(3)12-16/h5-6,9-10,16H,7-8,11-13H2,1-4H3. The van der Waals surface area contributed by atoms with Crippen molar-refractivity contribution in [3.05, 3.63) is 30.0 Å². The Morgan fingerprint density at radius 1 is 1.21 bits per heavy atom. The van der Waals surface area contributed by atoms with Gasteiger partial charge < -0.3 is 23.8 Å². The molecule has 0 saturated carbocycles. The van der Waals surface area contributed by atoms with Crippen molar-refractivity contribution < 1.29 is 28.5 Å². The van der Waals surface area contributed by atoms with Gasteiger partial charge in [-0.15, -0.1) is 0 Å². The van der Waals surface area contributed by atoms with E-state index in [2.05, 4.69) is 4.90 Å². The smallest absolute Gasteiger partial charge is 0.497 e. The van der Waals surface area contributed by atoms with Gasteiger partial charge in [0.1, 0.15) is 11.9 Å². The highest BCUT2D eigenvalue weighted by molar-refractivity contribution is 5.92. The van der Waals surface area contributed by atoms with Gasteiger partial charge in [-0.05, 0) is 51.3 Å². The summed E-state index contributed by atoms with van der Waals surface area (Å²) in [6.07, 6.45) is 0.858. The number of likely N-dealkylation sites (N-methyl/N-ethyl adjacent to an activating group) is 2. The molecule has 0 amide bonds. The maximum atomic E-state index is 12.5. The first-order valence-electron chi connectivity index (χ1n) is 9.39. The Labute approximate surface area is 169 Å². The zero-order valence-electron chi connectivity index (χ0n) is 17.2. The fourth-order valence-electron chi connectivity index (χ4n) is 3.18. The number of ether oxygens (including phenoxy) is 4. The highest BCUT2D eigenvalue weighted by Gasteiger charge is 2.27. The number of methoxy groups -OCH3 is 1. The van der Waals surface area contributed by atoms with Gasteiger partial charge >= 0.3 is 12.2 Å². The van der Waals surface area contributed by atoms with E-state index in [0.717, 1.165) is 23.9 Å². The van der Waals surface area contributed by atoms with E-state index in [9.17, 15) is 9.59 Å². The van der Waals surface area contributed by atoms with E-state index in [0.29, 0.717) is 24.4 Å². The lowest BCUT2D eigenvalue weighted by molar-refractivity contribution is -0.0610. The minimum Gasteiger partial charge on any atom is -0.497 e. The second kappa shape index (κ2) is 9.15. The Hall–Kier alpha value is -2.78. The summed E-state index contributed by atoms with van der Waals surface area (Å²) in [5.41, 5.74) is 1.70. The first-order valence-corrected chi connectivity index (χ1v) is 9.39. The Morgan fingerprint density at radius 2 is 1.97 bits per heavy atom. The molecule has 1 aliphatic rings. The number of fused-ring (bicyclic) bond motifs is 1. The summed E-state index contributed by atoms with van der Waals surface area (Å²) in [6, 6.07) is 5.48. The van der Waals surface area contributed by atoms with Crippen LogP contribution in [0.5, 0.6) is 5.75 Å². The fraction of sp³-hybridized carbons (Fsp3) is 0.500. The normalized spacial score (nSPS) is 14.7. The molecule has 0 aliphatic carbocycles. The molecule has 29 heavy (non-hydrogen) atoms. The number of hydrogen-bond donors (Lipinski definition) is 0. The van der Waals surface area contributed by atoms with Crippen LogP contribution in [0.4, 0.5) is 9.59 Å². The summed E-state index contributed by atoms with van der Waals surface area (Å²) < 4.78 is 21.7. The molecule has 0 radical (unpaired) electrons. The van der Waals surface area contributed by atoms with Crippen LogP contribution in [-0.4, -0.2) is 87.4 Å². The quantitative estimate of drug-likeness (QED) is 0.512. The number of hydrogen-bond acceptors (Lipinski definition) is 8. The number of carbonyl (C=O) groups excluding carboxylic acids is 2. The molecule has 1 fully saturated rings. The first kappa shape index (κ1) is 20.9. The SMILES string of the molecule is COc1ccc2c(c1)c(CCN(C)C)cn2C(=O)OCOC(=O)OC1CN(C)C1. The van der Waals surface area contributed by atoms with E-state index >= 15 is 0 Å². The Bertz CT molecular complexity index is 872. The first-order chi connectivity index (χ1) is 13.9. The molecule has 1 aromatic carbocycles. The van der Waals surface area contributed by atoms with Crippen LogP contribution in [0.2, 0.25) is 0 Å². The zero-order valence-corrected chi connectivity index (χ0v) is 17.2. The lowest BCUT2D eigenvalue weighted by atomic mass is 10.1. The van der Waals surface area contributed by atoms with Crippen molar-refractivity contribution in [2.45, 2.75) is 12.5 Å². The number of nitrogens with zero attached hydrogens (tertiary/aromatic N) is 3. The molecule has 0 bridgehead atoms. The van der Waals surface area contributed by atoms with Gasteiger partial charge in [-0.3, -0.25) is 9.47 Å². The van der Waals surface area contributed by atoms with Gasteiger partial charge in [0.15, 0.2) is 0 Å². The van der Waals surface area contributed by atoms with Crippen LogP contribution in [0.1, 0.15) is 5.56 Å². The third-order valence-corrected chi connectivity index (χ3v) is 4.77. The van der Waals surface area contributed by atoms with Gasteiger partial charge in [0, 0.05) is 31.2 Å². The minimum atomic E-state index is -0.843. The Kier molecular flexibility index (Phi) is 6.60. The molecule has 9 heteroatoms. The summed E-state index contributed by atoms with van der Waals surface area (Å²) in [7, 11) is 7.51. The highest BCUT2D eigenvalue weighted by Crippen LogP contribution is 2.27. The van der Waals surface area contributed by atoms with E-state index in [4.69, 9.17) is 18.9 Å². The molecular formula is C20H27N3O6. The van der Waals surface area contributed by atoms with E-state index < -0.39 is 19.0 Å². The van der Waals surface area contributed by atoms with Crippen LogP contribution in [0.25, 0.3) is 10.9 Å². The number of likely N-dealkylation sites (tertiary alicyclic amines) is 1. The molecule has 2 heterocycles. The van der Waals surface area contributed by atoms with E-state index in [-0.39, 0.29) is 6.10 Å². The van der Waals surface area contributed by atoms with E-state index in [1.54, 1.807) is 25.4 Å². The molecule has 1 aromatic heterocycles. The van der Waals surface area contributed by atoms with Crippen molar-refractivity contribution in [1.82, 2.24) is 14.4 Å². The molecule has 1 saturated heterocycles. The third kappa shape index (κ3) is 5.18. The van der Waals surface area contributed by atoms with Crippen molar-refractivity contribution >= 4 is 23.2 Å². The molecule has 0 atom stereocenters. The topological polar surface area (TPSA) is 82.5 Å². The molecule has 0 spiro atoms.